The van der Waals surface area contributed by atoms with Crippen molar-refractivity contribution in [2.75, 3.05) is 11.9 Å². The van der Waals surface area contributed by atoms with Crippen molar-refractivity contribution < 1.29 is 23.9 Å². The molecule has 4 amide bonds. The number of benzene rings is 3. The molecule has 42 heavy (non-hydrogen) atoms. The van der Waals surface area contributed by atoms with Crippen LogP contribution in [0.25, 0.3) is 16.8 Å². The van der Waals surface area contributed by atoms with Crippen LogP contribution >= 0.6 is 0 Å². The summed E-state index contributed by atoms with van der Waals surface area (Å²) in [5.74, 6) is -1.59. The van der Waals surface area contributed by atoms with E-state index < -0.39 is 41.5 Å². The maximum atomic E-state index is 14.2. The number of nitrogens with one attached hydrogen (secondary N) is 2. The molecule has 0 saturated carbocycles. The van der Waals surface area contributed by atoms with Crippen molar-refractivity contribution in [3.05, 3.63) is 84.4 Å². The summed E-state index contributed by atoms with van der Waals surface area (Å²) in [4.78, 5) is 54.0. The Kier molecular flexibility index (Phi) is 10.8. The Labute approximate surface area is 247 Å². The third-order valence-electron chi connectivity index (χ3n) is 6.46. The van der Waals surface area contributed by atoms with E-state index in [9.17, 15) is 19.2 Å². The molecule has 2 unspecified atom stereocenters. The molecule has 4 N–H and O–H groups in total. The van der Waals surface area contributed by atoms with Gasteiger partial charge in [-0.3, -0.25) is 14.4 Å². The van der Waals surface area contributed by atoms with Crippen molar-refractivity contribution in [3.8, 4) is 0 Å². The Morgan fingerprint density at radius 1 is 1.00 bits per heavy atom. The van der Waals surface area contributed by atoms with Crippen LogP contribution in [0, 0.1) is 0 Å². The first kappa shape index (κ1) is 31.9. The minimum atomic E-state index is -1.16. The van der Waals surface area contributed by atoms with Crippen LogP contribution in [0.15, 0.2) is 73.3 Å². The van der Waals surface area contributed by atoms with Crippen LogP contribution in [0.2, 0.25) is 0 Å². The van der Waals surface area contributed by atoms with Crippen LogP contribution in [0.3, 0.4) is 0 Å². The third-order valence-corrected chi connectivity index (χ3v) is 6.46. The highest BCUT2D eigenvalue weighted by atomic mass is 16.6. The molecule has 0 spiro atoms. The minimum Gasteiger partial charge on any atom is -0.444 e. The number of ether oxygens (including phenoxy) is 1. The van der Waals surface area contributed by atoms with Crippen molar-refractivity contribution in [2.45, 2.75) is 64.6 Å². The molecular weight excluding hydrogens is 532 g/mol. The van der Waals surface area contributed by atoms with Crippen molar-refractivity contribution in [3.63, 3.8) is 0 Å². The highest BCUT2D eigenvalue weighted by Crippen LogP contribution is 2.27. The molecule has 0 heterocycles. The van der Waals surface area contributed by atoms with Crippen molar-refractivity contribution in [1.82, 2.24) is 10.2 Å². The molecule has 0 fully saturated rings. The second-order valence-electron chi connectivity index (χ2n) is 11.1. The maximum Gasteiger partial charge on any atom is 0.408 e. The predicted molar refractivity (Wildman–Crippen MR) is 165 cm³/mol. The van der Waals surface area contributed by atoms with E-state index in [1.165, 1.54) is 4.90 Å². The van der Waals surface area contributed by atoms with Gasteiger partial charge in [0.25, 0.3) is 5.91 Å². The maximum absolute atomic E-state index is 14.2. The van der Waals surface area contributed by atoms with Crippen LogP contribution < -0.4 is 16.4 Å². The molecule has 9 heteroatoms. The van der Waals surface area contributed by atoms with E-state index in [1.54, 1.807) is 45.0 Å². The zero-order valence-electron chi connectivity index (χ0n) is 24.7. The van der Waals surface area contributed by atoms with E-state index >= 15 is 0 Å². The first-order chi connectivity index (χ1) is 19.9. The van der Waals surface area contributed by atoms with Gasteiger partial charge in [-0.25, -0.2) is 4.79 Å². The number of alkyl carbamates (subject to hydrolysis) is 1. The molecule has 0 bridgehead atoms. The topological polar surface area (TPSA) is 131 Å². The number of nitrogens with two attached hydrogens (primary N) is 1. The Bertz CT molecular complexity index is 1450. The van der Waals surface area contributed by atoms with Crippen molar-refractivity contribution in [2.24, 2.45) is 5.73 Å². The molecule has 0 aliphatic rings. The molecule has 3 rings (SSSR count). The SMILES string of the molecule is C=Cc1cccc(C(C(=O)Nc2ccc3ccccc3c2)N(CCC)C(=O)C(CCC(N)=O)NC(=O)OC(C)(C)C)c1. The van der Waals surface area contributed by atoms with Gasteiger partial charge in [-0.1, -0.05) is 68.1 Å². The largest absolute Gasteiger partial charge is 0.444 e. The number of rotatable bonds is 12. The highest BCUT2D eigenvalue weighted by molar-refractivity contribution is 6.00. The molecular formula is C33H40N4O5. The number of nitrogens with zero attached hydrogens (tertiary/aromatic N) is 1. The number of anilines is 1. The summed E-state index contributed by atoms with van der Waals surface area (Å²) < 4.78 is 5.37. The summed E-state index contributed by atoms with van der Waals surface area (Å²) in [5.41, 5.74) is 6.49. The second-order valence-corrected chi connectivity index (χ2v) is 11.1. The predicted octanol–water partition coefficient (Wildman–Crippen LogP) is 5.56. The number of fused-ring (bicyclic) bond motifs is 1. The fourth-order valence-electron chi connectivity index (χ4n) is 4.61. The van der Waals surface area contributed by atoms with Gasteiger partial charge in [0.1, 0.15) is 17.7 Å². The Morgan fingerprint density at radius 3 is 2.36 bits per heavy atom. The Morgan fingerprint density at radius 2 is 1.71 bits per heavy atom. The van der Waals surface area contributed by atoms with E-state index in [2.05, 4.69) is 17.2 Å². The van der Waals surface area contributed by atoms with Crippen molar-refractivity contribution >= 4 is 46.4 Å². The van der Waals surface area contributed by atoms with Gasteiger partial charge in [-0.05, 0) is 73.7 Å². The number of hydrogen-bond acceptors (Lipinski definition) is 5. The van der Waals surface area contributed by atoms with Crippen molar-refractivity contribution in [1.29, 1.82) is 0 Å². The van der Waals surface area contributed by atoms with Crippen LogP contribution in [-0.2, 0) is 19.1 Å². The summed E-state index contributed by atoms with van der Waals surface area (Å²) >= 11 is 0. The molecule has 0 radical (unpaired) electrons. The van der Waals surface area contributed by atoms with Gasteiger partial charge in [-0.15, -0.1) is 0 Å². The molecule has 222 valence electrons. The first-order valence-electron chi connectivity index (χ1n) is 14.0. The molecule has 2 atom stereocenters. The lowest BCUT2D eigenvalue weighted by Gasteiger charge is -2.34. The van der Waals surface area contributed by atoms with E-state index in [-0.39, 0.29) is 19.4 Å². The van der Waals surface area contributed by atoms with E-state index in [1.807, 2.05) is 55.5 Å². The van der Waals surface area contributed by atoms with Crippen LogP contribution in [0.1, 0.15) is 64.1 Å². The Balaban J connectivity index is 2.03. The van der Waals surface area contributed by atoms with Gasteiger partial charge in [0, 0.05) is 18.7 Å². The first-order valence-corrected chi connectivity index (χ1v) is 14.0. The number of carbonyl (C=O) groups is 4. The number of carbonyl (C=O) groups excluding carboxylic acids is 4. The smallest absolute Gasteiger partial charge is 0.408 e. The summed E-state index contributed by atoms with van der Waals surface area (Å²) in [6.45, 7) is 11.0. The minimum absolute atomic E-state index is 0.0562. The van der Waals surface area contributed by atoms with Gasteiger partial charge < -0.3 is 26.0 Å². The van der Waals surface area contributed by atoms with Gasteiger partial charge in [0.2, 0.25) is 11.8 Å². The number of amides is 4. The summed E-state index contributed by atoms with van der Waals surface area (Å²) in [7, 11) is 0. The van der Waals surface area contributed by atoms with E-state index in [0.717, 1.165) is 16.3 Å². The molecule has 3 aromatic carbocycles. The molecule has 9 nitrogen and oxygen atoms in total. The zero-order chi connectivity index (χ0) is 30.9. The van der Waals surface area contributed by atoms with Gasteiger partial charge in [0.15, 0.2) is 0 Å². The van der Waals surface area contributed by atoms with Crippen LogP contribution in [0.5, 0.6) is 0 Å². The highest BCUT2D eigenvalue weighted by Gasteiger charge is 2.36. The lowest BCUT2D eigenvalue weighted by molar-refractivity contribution is -0.141. The molecule has 0 aliphatic carbocycles. The summed E-state index contributed by atoms with van der Waals surface area (Å²) in [6, 6.07) is 18.4. The number of hydrogen-bond donors (Lipinski definition) is 3. The lowest BCUT2D eigenvalue weighted by atomic mass is 9.99. The molecule has 0 aromatic heterocycles. The van der Waals surface area contributed by atoms with E-state index in [4.69, 9.17) is 10.5 Å². The third kappa shape index (κ3) is 8.92. The molecule has 3 aromatic rings. The summed E-state index contributed by atoms with van der Waals surface area (Å²) in [5, 5.41) is 7.56. The second kappa shape index (κ2) is 14.3. The molecule has 0 aliphatic heterocycles. The molecule has 0 saturated heterocycles. The van der Waals surface area contributed by atoms with Crippen LogP contribution in [-0.4, -0.2) is 46.9 Å². The van der Waals surface area contributed by atoms with Gasteiger partial charge >= 0.3 is 6.09 Å². The van der Waals surface area contributed by atoms with E-state index in [0.29, 0.717) is 17.7 Å². The standard InChI is InChI=1S/C33H40N4O5/c1-6-19-37(31(40)27(17-18-28(34)38)36-32(41)42-33(3,4)5)29(25-14-10-11-22(7-2)20-25)30(39)35-26-16-15-23-12-8-9-13-24(23)21-26/h7-16,20-21,27,29H,2,6,17-19H2,1,3-5H3,(H2,34,38)(H,35,39)(H,36,41). The van der Waals surface area contributed by atoms with Gasteiger partial charge in [0.05, 0.1) is 0 Å². The average molecular weight is 573 g/mol. The quantitative estimate of drug-likeness (QED) is 0.262. The number of primary amides is 1. The fraction of sp³-hybridized carbons (Fsp3) is 0.333. The normalized spacial score (nSPS) is 12.6. The zero-order valence-corrected chi connectivity index (χ0v) is 24.7. The fourth-order valence-corrected chi connectivity index (χ4v) is 4.61. The summed E-state index contributed by atoms with van der Waals surface area (Å²) in [6.07, 6.45) is 1.17. The average Bonchev–Trinajstić information content (AvgIpc) is 2.93. The Hall–Kier alpha value is -4.66. The lowest BCUT2D eigenvalue weighted by Crippen LogP contribution is -2.52. The van der Waals surface area contributed by atoms with Gasteiger partial charge in [-0.2, -0.15) is 0 Å². The van der Waals surface area contributed by atoms with Crippen LogP contribution in [0.4, 0.5) is 10.5 Å². The monoisotopic (exact) mass is 572 g/mol.